The van der Waals surface area contributed by atoms with E-state index in [4.69, 9.17) is 10.1 Å². The Bertz CT molecular complexity index is 982. The number of nitrogens with zero attached hydrogens (tertiary/aromatic N) is 4. The molecule has 1 aromatic carbocycles. The molecule has 1 fully saturated rings. The van der Waals surface area contributed by atoms with E-state index in [1.807, 2.05) is 59.8 Å². The second-order valence-corrected chi connectivity index (χ2v) is 8.00. The number of hydrogen-bond acceptors (Lipinski definition) is 3. The molecule has 0 unspecified atom stereocenters. The number of rotatable bonds is 2. The van der Waals surface area contributed by atoms with Gasteiger partial charge in [0.25, 0.3) is 5.91 Å². The molecule has 0 radical (unpaired) electrons. The van der Waals surface area contributed by atoms with Crippen molar-refractivity contribution in [1.29, 1.82) is 0 Å². The molecule has 3 heterocycles. The fraction of sp³-hybridized carbons (Fsp3) is 0.409. The normalized spacial score (nSPS) is 20.2. The van der Waals surface area contributed by atoms with E-state index in [2.05, 4.69) is 13.8 Å². The standard InChI is InChI=1S/C22H26N4O/c1-14-10-15(2)13-25(12-14)22(27)19-11-16(3)23-21-20(19)17(4)24-26(21)18-8-6-5-7-9-18/h5-9,11,14-15H,10,12-13H2,1-4H3/t14-,15+. The van der Waals surface area contributed by atoms with Gasteiger partial charge in [0.15, 0.2) is 5.65 Å². The van der Waals surface area contributed by atoms with Crippen LogP contribution in [0.2, 0.25) is 0 Å². The van der Waals surface area contributed by atoms with E-state index in [-0.39, 0.29) is 5.91 Å². The van der Waals surface area contributed by atoms with Crippen LogP contribution < -0.4 is 0 Å². The largest absolute Gasteiger partial charge is 0.338 e. The number of pyridine rings is 1. The van der Waals surface area contributed by atoms with Gasteiger partial charge in [-0.3, -0.25) is 4.79 Å². The number of para-hydroxylation sites is 1. The average Bonchev–Trinajstić information content (AvgIpc) is 2.97. The Hall–Kier alpha value is -2.69. The monoisotopic (exact) mass is 362 g/mol. The van der Waals surface area contributed by atoms with E-state index < -0.39 is 0 Å². The minimum atomic E-state index is 0.0969. The first-order valence-electron chi connectivity index (χ1n) is 9.65. The van der Waals surface area contributed by atoms with Gasteiger partial charge in [0.1, 0.15) is 0 Å². The third kappa shape index (κ3) is 3.22. The summed E-state index contributed by atoms with van der Waals surface area (Å²) < 4.78 is 1.84. The van der Waals surface area contributed by atoms with Gasteiger partial charge in [0.2, 0.25) is 0 Å². The van der Waals surface area contributed by atoms with Crippen molar-refractivity contribution in [3.05, 3.63) is 53.3 Å². The molecule has 4 rings (SSSR count). The fourth-order valence-electron chi connectivity index (χ4n) is 4.33. The molecule has 1 saturated heterocycles. The molecule has 1 aliphatic heterocycles. The molecule has 2 atom stereocenters. The van der Waals surface area contributed by atoms with Crippen molar-refractivity contribution in [2.75, 3.05) is 13.1 Å². The number of carbonyl (C=O) groups is 1. The number of hydrogen-bond donors (Lipinski definition) is 0. The Morgan fingerprint density at radius 3 is 2.41 bits per heavy atom. The predicted molar refractivity (Wildman–Crippen MR) is 107 cm³/mol. The summed E-state index contributed by atoms with van der Waals surface area (Å²) in [5.41, 5.74) is 4.09. The first kappa shape index (κ1) is 17.7. The number of carbonyl (C=O) groups excluding carboxylic acids is 1. The topological polar surface area (TPSA) is 51.0 Å². The van der Waals surface area contributed by atoms with Crippen LogP contribution in [0.4, 0.5) is 0 Å². The molecule has 0 spiro atoms. The SMILES string of the molecule is Cc1cc(C(=O)N2C[C@H](C)C[C@H](C)C2)c2c(C)nn(-c3ccccc3)c2n1. The zero-order valence-electron chi connectivity index (χ0n) is 16.4. The molecule has 0 bridgehead atoms. The van der Waals surface area contributed by atoms with Crippen LogP contribution in [0.5, 0.6) is 0 Å². The highest BCUT2D eigenvalue weighted by Gasteiger charge is 2.28. The summed E-state index contributed by atoms with van der Waals surface area (Å²) in [4.78, 5) is 20.1. The zero-order chi connectivity index (χ0) is 19.1. The van der Waals surface area contributed by atoms with Gasteiger partial charge < -0.3 is 4.90 Å². The minimum absolute atomic E-state index is 0.0969. The summed E-state index contributed by atoms with van der Waals surface area (Å²) in [7, 11) is 0. The number of fused-ring (bicyclic) bond motifs is 1. The molecule has 0 N–H and O–H groups in total. The smallest absolute Gasteiger partial charge is 0.254 e. The lowest BCUT2D eigenvalue weighted by atomic mass is 9.91. The van der Waals surface area contributed by atoms with E-state index >= 15 is 0 Å². The summed E-state index contributed by atoms with van der Waals surface area (Å²) in [6, 6.07) is 11.9. The number of piperidine rings is 1. The van der Waals surface area contributed by atoms with Gasteiger partial charge in [0.05, 0.1) is 22.3 Å². The first-order chi connectivity index (χ1) is 12.9. The fourth-order valence-corrected chi connectivity index (χ4v) is 4.33. The molecule has 2 aromatic heterocycles. The van der Waals surface area contributed by atoms with E-state index in [0.29, 0.717) is 11.8 Å². The van der Waals surface area contributed by atoms with Crippen LogP contribution in [0.3, 0.4) is 0 Å². The number of benzene rings is 1. The van der Waals surface area contributed by atoms with Gasteiger partial charge >= 0.3 is 0 Å². The predicted octanol–water partition coefficient (Wildman–Crippen LogP) is 4.16. The molecule has 0 saturated carbocycles. The highest BCUT2D eigenvalue weighted by molar-refractivity contribution is 6.06. The zero-order valence-corrected chi connectivity index (χ0v) is 16.4. The highest BCUT2D eigenvalue weighted by atomic mass is 16.2. The third-order valence-electron chi connectivity index (χ3n) is 5.33. The lowest BCUT2D eigenvalue weighted by Gasteiger charge is -2.35. The number of amides is 1. The van der Waals surface area contributed by atoms with Crippen LogP contribution in [0.15, 0.2) is 36.4 Å². The Balaban J connectivity index is 1.84. The van der Waals surface area contributed by atoms with Gasteiger partial charge in [-0.25, -0.2) is 9.67 Å². The van der Waals surface area contributed by atoms with Crippen molar-refractivity contribution >= 4 is 16.9 Å². The van der Waals surface area contributed by atoms with E-state index in [1.54, 1.807) is 0 Å². The first-order valence-corrected chi connectivity index (χ1v) is 9.65. The Morgan fingerprint density at radius 2 is 1.74 bits per heavy atom. The van der Waals surface area contributed by atoms with Crippen molar-refractivity contribution in [2.45, 2.75) is 34.1 Å². The second kappa shape index (κ2) is 6.80. The van der Waals surface area contributed by atoms with Gasteiger partial charge in [-0.1, -0.05) is 32.0 Å². The van der Waals surface area contributed by atoms with E-state index in [0.717, 1.165) is 46.8 Å². The molecular weight excluding hydrogens is 336 g/mol. The molecule has 5 heteroatoms. The van der Waals surface area contributed by atoms with Crippen LogP contribution >= 0.6 is 0 Å². The molecule has 1 amide bonds. The van der Waals surface area contributed by atoms with Crippen molar-refractivity contribution in [3.63, 3.8) is 0 Å². The summed E-state index contributed by atoms with van der Waals surface area (Å²) in [5.74, 6) is 1.16. The lowest BCUT2D eigenvalue weighted by Crippen LogP contribution is -2.42. The molecule has 3 aromatic rings. The van der Waals surface area contributed by atoms with Crippen LogP contribution in [0.25, 0.3) is 16.7 Å². The lowest BCUT2D eigenvalue weighted by molar-refractivity contribution is 0.0625. The maximum Gasteiger partial charge on any atom is 0.254 e. The molecule has 1 aliphatic rings. The van der Waals surface area contributed by atoms with Gasteiger partial charge in [-0.15, -0.1) is 0 Å². The molecule has 0 aliphatic carbocycles. The Labute approximate surface area is 160 Å². The number of aromatic nitrogens is 3. The second-order valence-electron chi connectivity index (χ2n) is 8.00. The Morgan fingerprint density at radius 1 is 1.07 bits per heavy atom. The number of aryl methyl sites for hydroxylation is 2. The average molecular weight is 362 g/mol. The molecular formula is C22H26N4O. The van der Waals surface area contributed by atoms with Crippen LogP contribution in [0, 0.1) is 25.7 Å². The van der Waals surface area contributed by atoms with Crippen molar-refractivity contribution in [2.24, 2.45) is 11.8 Å². The van der Waals surface area contributed by atoms with Crippen LogP contribution in [-0.4, -0.2) is 38.7 Å². The van der Waals surface area contributed by atoms with Crippen molar-refractivity contribution < 1.29 is 4.79 Å². The molecule has 27 heavy (non-hydrogen) atoms. The van der Waals surface area contributed by atoms with Gasteiger partial charge in [-0.2, -0.15) is 5.10 Å². The van der Waals surface area contributed by atoms with Crippen LogP contribution in [-0.2, 0) is 0 Å². The maximum absolute atomic E-state index is 13.4. The summed E-state index contributed by atoms with van der Waals surface area (Å²) in [6.07, 6.45) is 1.18. The minimum Gasteiger partial charge on any atom is -0.338 e. The van der Waals surface area contributed by atoms with E-state index in [9.17, 15) is 4.79 Å². The van der Waals surface area contributed by atoms with Gasteiger partial charge in [0, 0.05) is 18.8 Å². The van der Waals surface area contributed by atoms with Gasteiger partial charge in [-0.05, 0) is 50.3 Å². The third-order valence-corrected chi connectivity index (χ3v) is 5.33. The maximum atomic E-state index is 13.4. The molecule has 5 nitrogen and oxygen atoms in total. The van der Waals surface area contributed by atoms with Crippen molar-refractivity contribution in [3.8, 4) is 5.69 Å². The molecule has 140 valence electrons. The number of likely N-dealkylation sites (tertiary alicyclic amines) is 1. The highest BCUT2D eigenvalue weighted by Crippen LogP contribution is 2.28. The summed E-state index contributed by atoms with van der Waals surface area (Å²) in [6.45, 7) is 9.98. The van der Waals surface area contributed by atoms with Crippen LogP contribution in [0.1, 0.15) is 42.0 Å². The summed E-state index contributed by atoms with van der Waals surface area (Å²) >= 11 is 0. The van der Waals surface area contributed by atoms with E-state index in [1.165, 1.54) is 6.42 Å². The summed E-state index contributed by atoms with van der Waals surface area (Å²) in [5, 5.41) is 5.56. The quantitative estimate of drug-likeness (QED) is 0.688. The van der Waals surface area contributed by atoms with Crippen molar-refractivity contribution in [1.82, 2.24) is 19.7 Å². The Kier molecular flexibility index (Phi) is 4.46.